The summed E-state index contributed by atoms with van der Waals surface area (Å²) in [6.45, 7) is 1.85. The van der Waals surface area contributed by atoms with Crippen LogP contribution in [0, 0.1) is 0 Å². The van der Waals surface area contributed by atoms with Gasteiger partial charge >= 0.3 is 0 Å². The second-order valence-corrected chi connectivity index (χ2v) is 6.34. The minimum atomic E-state index is 0.0361. The van der Waals surface area contributed by atoms with E-state index >= 15 is 0 Å². The Labute approximate surface area is 131 Å². The number of piperidine rings is 1. The molecule has 0 atom stereocenters. The number of Topliss-reactive ketones (excluding diaryl/α,β-unsaturated/α-hetero) is 1. The molecule has 1 aromatic carbocycles. The van der Waals surface area contributed by atoms with Gasteiger partial charge in [0.15, 0.2) is 5.78 Å². The summed E-state index contributed by atoms with van der Waals surface area (Å²) in [6, 6.07) is 8.23. The Morgan fingerprint density at radius 1 is 1.14 bits per heavy atom. The molecule has 1 N–H and O–H groups in total. The number of nitrogens with one attached hydrogen (secondary N) is 1. The third kappa shape index (κ3) is 2.17. The third-order valence-corrected chi connectivity index (χ3v) is 5.10. The van der Waals surface area contributed by atoms with E-state index in [1.165, 1.54) is 5.57 Å². The summed E-state index contributed by atoms with van der Waals surface area (Å²) < 4.78 is 16.4. The molecule has 106 valence electrons. The molecule has 2 nitrogen and oxygen atoms in total. The SMILES string of the molecule is [2H]c1sc2c(c1[2H])C(=C1CCNCC1)c1ccccc1CC2=O. The Kier molecular flexibility index (Phi) is 2.73. The molecule has 1 aliphatic heterocycles. The largest absolute Gasteiger partial charge is 0.316 e. The van der Waals surface area contributed by atoms with E-state index in [2.05, 4.69) is 11.4 Å². The zero-order chi connectivity index (χ0) is 16.0. The first kappa shape index (κ1) is 10.9. The van der Waals surface area contributed by atoms with Gasteiger partial charge in [-0.2, -0.15) is 0 Å². The molecule has 1 fully saturated rings. The van der Waals surface area contributed by atoms with Gasteiger partial charge < -0.3 is 5.32 Å². The Morgan fingerprint density at radius 2 is 1.95 bits per heavy atom. The van der Waals surface area contributed by atoms with Crippen molar-refractivity contribution in [2.75, 3.05) is 13.1 Å². The minimum absolute atomic E-state index is 0.0361. The fourth-order valence-corrected chi connectivity index (χ4v) is 3.96. The first-order valence-electron chi connectivity index (χ1n) is 8.31. The summed E-state index contributed by atoms with van der Waals surface area (Å²) in [6.07, 6.45) is 2.22. The summed E-state index contributed by atoms with van der Waals surface area (Å²) in [5.41, 5.74) is 5.16. The summed E-state index contributed by atoms with van der Waals surface area (Å²) in [5, 5.41) is 3.55. The van der Waals surface area contributed by atoms with Gasteiger partial charge in [-0.05, 0) is 54.0 Å². The maximum Gasteiger partial charge on any atom is 0.177 e. The molecule has 0 saturated carbocycles. The van der Waals surface area contributed by atoms with E-state index in [1.54, 1.807) is 0 Å². The zero-order valence-electron chi connectivity index (χ0n) is 13.7. The maximum atomic E-state index is 12.7. The lowest BCUT2D eigenvalue weighted by Crippen LogP contribution is -2.24. The zero-order valence-corrected chi connectivity index (χ0v) is 12.5. The van der Waals surface area contributed by atoms with Crippen LogP contribution >= 0.6 is 11.3 Å². The Bertz CT molecular complexity index is 830. The topological polar surface area (TPSA) is 29.1 Å². The highest BCUT2D eigenvalue weighted by Crippen LogP contribution is 2.39. The van der Waals surface area contributed by atoms with Crippen molar-refractivity contribution in [3.8, 4) is 0 Å². The van der Waals surface area contributed by atoms with Crippen LogP contribution in [0.4, 0.5) is 0 Å². The number of hydrogen-bond donors (Lipinski definition) is 1. The van der Waals surface area contributed by atoms with Gasteiger partial charge in [-0.25, -0.2) is 0 Å². The highest BCUT2D eigenvalue weighted by molar-refractivity contribution is 7.12. The molecular formula is C18H17NOS. The van der Waals surface area contributed by atoms with Crippen LogP contribution in [0.15, 0.2) is 41.2 Å². The van der Waals surface area contributed by atoms with Gasteiger partial charge in [0.1, 0.15) is 0 Å². The number of hydrogen-bond acceptors (Lipinski definition) is 3. The van der Waals surface area contributed by atoms with E-state index < -0.39 is 0 Å². The average Bonchev–Trinajstić information content (AvgIpc) is 2.80. The van der Waals surface area contributed by atoms with Crippen LogP contribution in [0.1, 0.15) is 41.9 Å². The van der Waals surface area contributed by atoms with Gasteiger partial charge in [-0.15, -0.1) is 11.3 Å². The molecule has 0 bridgehead atoms. The number of carbonyl (C=O) groups excluding carboxylic acids is 1. The predicted molar refractivity (Wildman–Crippen MR) is 86.9 cm³/mol. The number of rotatable bonds is 0. The monoisotopic (exact) mass is 297 g/mol. The van der Waals surface area contributed by atoms with Crippen molar-refractivity contribution in [3.63, 3.8) is 0 Å². The molecular weight excluding hydrogens is 278 g/mol. The van der Waals surface area contributed by atoms with Crippen molar-refractivity contribution in [1.82, 2.24) is 5.32 Å². The lowest BCUT2D eigenvalue weighted by Gasteiger charge is -2.21. The molecule has 0 radical (unpaired) electrons. The van der Waals surface area contributed by atoms with E-state index in [1.807, 2.05) is 18.2 Å². The molecule has 2 aliphatic rings. The fraction of sp³-hybridized carbons (Fsp3) is 0.278. The Balaban J connectivity index is 2.07. The molecule has 0 spiro atoms. The Hall–Kier alpha value is -1.71. The standard InChI is InChI=1S/C18H17NOS/c20-16-11-13-3-1-2-4-14(13)17(12-5-8-19-9-6-12)15-7-10-21-18(15)16/h1-4,7,10,19H,5-6,8-9,11H2/i7D,10D. The Morgan fingerprint density at radius 3 is 2.81 bits per heavy atom. The van der Waals surface area contributed by atoms with Crippen molar-refractivity contribution in [1.29, 1.82) is 0 Å². The third-order valence-electron chi connectivity index (χ3n) is 4.26. The first-order chi connectivity index (χ1) is 11.2. The number of fused-ring (bicyclic) bond motifs is 2. The van der Waals surface area contributed by atoms with E-state index in [0.717, 1.165) is 54.0 Å². The van der Waals surface area contributed by atoms with E-state index in [4.69, 9.17) is 2.74 Å². The normalized spacial score (nSPS) is 19.5. The van der Waals surface area contributed by atoms with Crippen LogP contribution in [-0.4, -0.2) is 18.9 Å². The number of ketones is 1. The minimum Gasteiger partial charge on any atom is -0.316 e. The molecule has 0 amide bonds. The molecule has 2 heterocycles. The highest BCUT2D eigenvalue weighted by Gasteiger charge is 2.26. The lowest BCUT2D eigenvalue weighted by molar-refractivity contribution is 0.0997. The van der Waals surface area contributed by atoms with E-state index in [0.29, 0.717) is 16.9 Å². The van der Waals surface area contributed by atoms with Gasteiger partial charge in [0.25, 0.3) is 0 Å². The predicted octanol–water partition coefficient (Wildman–Crippen LogP) is 3.67. The van der Waals surface area contributed by atoms with Crippen molar-refractivity contribution >= 4 is 22.7 Å². The van der Waals surface area contributed by atoms with Crippen LogP contribution in [0.5, 0.6) is 0 Å². The maximum absolute atomic E-state index is 12.7. The molecule has 4 rings (SSSR count). The van der Waals surface area contributed by atoms with Gasteiger partial charge in [-0.1, -0.05) is 29.8 Å². The molecule has 2 aromatic rings. The molecule has 1 saturated heterocycles. The van der Waals surface area contributed by atoms with Crippen LogP contribution in [0.2, 0.25) is 0 Å². The van der Waals surface area contributed by atoms with Gasteiger partial charge in [-0.3, -0.25) is 4.79 Å². The summed E-state index contributed by atoms with van der Waals surface area (Å²) >= 11 is 1.16. The van der Waals surface area contributed by atoms with Gasteiger partial charge in [0.2, 0.25) is 0 Å². The van der Waals surface area contributed by atoms with Gasteiger partial charge in [0.05, 0.1) is 7.62 Å². The van der Waals surface area contributed by atoms with Crippen LogP contribution in [-0.2, 0) is 6.42 Å². The van der Waals surface area contributed by atoms with Gasteiger partial charge in [0, 0.05) is 12.0 Å². The summed E-state index contributed by atoms with van der Waals surface area (Å²) in [4.78, 5) is 13.3. The average molecular weight is 297 g/mol. The van der Waals surface area contributed by atoms with Crippen molar-refractivity contribution in [2.45, 2.75) is 19.3 Å². The number of thiophene rings is 1. The first-order valence-corrected chi connectivity index (χ1v) is 8.13. The molecule has 1 aliphatic carbocycles. The molecule has 1 aromatic heterocycles. The summed E-state index contributed by atoms with van der Waals surface area (Å²) in [7, 11) is 0. The number of carbonyl (C=O) groups is 1. The fourth-order valence-electron chi connectivity index (χ4n) is 3.26. The van der Waals surface area contributed by atoms with E-state index in [9.17, 15) is 4.79 Å². The quantitative estimate of drug-likeness (QED) is 0.804. The smallest absolute Gasteiger partial charge is 0.177 e. The van der Waals surface area contributed by atoms with Crippen molar-refractivity contribution in [2.24, 2.45) is 0 Å². The number of benzene rings is 1. The molecule has 3 heteroatoms. The van der Waals surface area contributed by atoms with Crippen LogP contribution < -0.4 is 5.32 Å². The van der Waals surface area contributed by atoms with Crippen LogP contribution in [0.25, 0.3) is 5.57 Å². The van der Waals surface area contributed by atoms with Crippen LogP contribution in [0.3, 0.4) is 0 Å². The second kappa shape index (κ2) is 5.24. The molecule has 0 unspecified atom stereocenters. The van der Waals surface area contributed by atoms with Crippen molar-refractivity contribution in [3.05, 3.63) is 62.8 Å². The highest BCUT2D eigenvalue weighted by atomic mass is 32.1. The second-order valence-electron chi connectivity index (χ2n) is 5.52. The summed E-state index contributed by atoms with van der Waals surface area (Å²) in [5.74, 6) is 0.0361. The lowest BCUT2D eigenvalue weighted by atomic mass is 9.88. The molecule has 21 heavy (non-hydrogen) atoms. The van der Waals surface area contributed by atoms with E-state index in [-0.39, 0.29) is 17.2 Å². The van der Waals surface area contributed by atoms with Crippen molar-refractivity contribution < 1.29 is 7.54 Å².